The van der Waals surface area contributed by atoms with Gasteiger partial charge in [0.15, 0.2) is 0 Å². The number of nitrogen functional groups attached to an aromatic ring is 1. The molecule has 6 heteroatoms. The molecule has 0 saturated carbocycles. The van der Waals surface area contributed by atoms with Crippen molar-refractivity contribution in [1.82, 2.24) is 0 Å². The summed E-state index contributed by atoms with van der Waals surface area (Å²) in [6.45, 7) is 1.82. The zero-order valence-electron chi connectivity index (χ0n) is 10.5. The Balaban J connectivity index is 2.32. The van der Waals surface area contributed by atoms with Crippen molar-refractivity contribution < 1.29 is 4.79 Å². The molecule has 0 radical (unpaired) electrons. The van der Waals surface area contributed by atoms with E-state index < -0.39 is 0 Å². The third-order valence-corrected chi connectivity index (χ3v) is 3.80. The average molecular weight is 330 g/mol. The molecule has 0 saturated heterocycles. The van der Waals surface area contributed by atoms with Gasteiger partial charge < -0.3 is 11.1 Å². The third kappa shape index (κ3) is 3.18. The molecular formula is C14H11Cl3N2O. The maximum absolute atomic E-state index is 12.2. The average Bonchev–Trinajstić information content (AvgIpc) is 2.38. The molecule has 20 heavy (non-hydrogen) atoms. The lowest BCUT2D eigenvalue weighted by Gasteiger charge is -2.11. The minimum absolute atomic E-state index is 0.310. The number of hydrogen-bond acceptors (Lipinski definition) is 2. The van der Waals surface area contributed by atoms with Gasteiger partial charge in [-0.1, -0.05) is 40.9 Å². The van der Waals surface area contributed by atoms with Crippen LogP contribution in [0.5, 0.6) is 0 Å². The van der Waals surface area contributed by atoms with E-state index in [-0.39, 0.29) is 5.91 Å². The highest BCUT2D eigenvalue weighted by molar-refractivity contribution is 6.44. The molecule has 0 heterocycles. The van der Waals surface area contributed by atoms with Gasteiger partial charge in [-0.3, -0.25) is 4.79 Å². The Bertz CT molecular complexity index is 686. The molecule has 0 aliphatic rings. The second kappa shape index (κ2) is 5.92. The topological polar surface area (TPSA) is 55.1 Å². The third-order valence-electron chi connectivity index (χ3n) is 2.76. The summed E-state index contributed by atoms with van der Waals surface area (Å²) < 4.78 is 0. The van der Waals surface area contributed by atoms with E-state index in [9.17, 15) is 4.79 Å². The molecule has 0 spiro atoms. The summed E-state index contributed by atoms with van der Waals surface area (Å²) in [5.74, 6) is -0.310. The second-order valence-corrected chi connectivity index (χ2v) is 5.50. The van der Waals surface area contributed by atoms with E-state index in [1.54, 1.807) is 18.2 Å². The van der Waals surface area contributed by atoms with Crippen molar-refractivity contribution in [1.29, 1.82) is 0 Å². The summed E-state index contributed by atoms with van der Waals surface area (Å²) in [4.78, 5) is 12.2. The van der Waals surface area contributed by atoms with Gasteiger partial charge in [0.25, 0.3) is 5.91 Å². The number of aryl methyl sites for hydroxylation is 1. The molecule has 3 N–H and O–H groups in total. The Labute approximate surface area is 131 Å². The normalized spacial score (nSPS) is 10.4. The highest BCUT2D eigenvalue weighted by Crippen LogP contribution is 2.32. The van der Waals surface area contributed by atoms with Crippen LogP contribution < -0.4 is 11.1 Å². The number of halogens is 3. The summed E-state index contributed by atoms with van der Waals surface area (Å²) in [6.07, 6.45) is 0. The molecule has 3 nitrogen and oxygen atoms in total. The van der Waals surface area contributed by atoms with Crippen molar-refractivity contribution in [2.75, 3.05) is 11.1 Å². The Kier molecular flexibility index (Phi) is 4.43. The van der Waals surface area contributed by atoms with Crippen molar-refractivity contribution in [2.24, 2.45) is 0 Å². The van der Waals surface area contributed by atoms with Crippen molar-refractivity contribution in [3.05, 3.63) is 56.5 Å². The van der Waals surface area contributed by atoms with Crippen LogP contribution in [0.2, 0.25) is 15.1 Å². The fourth-order valence-electron chi connectivity index (χ4n) is 1.69. The number of nitrogens with two attached hydrogens (primary N) is 1. The number of nitrogens with one attached hydrogen (secondary N) is 1. The van der Waals surface area contributed by atoms with Crippen LogP contribution in [0, 0.1) is 6.92 Å². The van der Waals surface area contributed by atoms with Crippen LogP contribution in [0.15, 0.2) is 30.3 Å². The fourth-order valence-corrected chi connectivity index (χ4v) is 2.29. The van der Waals surface area contributed by atoms with Crippen LogP contribution in [-0.2, 0) is 0 Å². The van der Waals surface area contributed by atoms with E-state index in [4.69, 9.17) is 40.5 Å². The maximum Gasteiger partial charge on any atom is 0.256 e. The van der Waals surface area contributed by atoms with Crippen molar-refractivity contribution in [2.45, 2.75) is 6.92 Å². The highest BCUT2D eigenvalue weighted by atomic mass is 35.5. The molecular weight excluding hydrogens is 319 g/mol. The first-order valence-corrected chi connectivity index (χ1v) is 6.84. The van der Waals surface area contributed by atoms with Crippen molar-refractivity contribution in [3.63, 3.8) is 0 Å². The quantitative estimate of drug-likeness (QED) is 0.615. The van der Waals surface area contributed by atoms with Gasteiger partial charge >= 0.3 is 0 Å². The monoisotopic (exact) mass is 328 g/mol. The smallest absolute Gasteiger partial charge is 0.256 e. The molecule has 0 atom stereocenters. The summed E-state index contributed by atoms with van der Waals surface area (Å²) in [7, 11) is 0. The molecule has 1 amide bonds. The fraction of sp³-hybridized carbons (Fsp3) is 0.0714. The molecule has 104 valence electrons. The van der Waals surface area contributed by atoms with Gasteiger partial charge in [0.05, 0.1) is 20.8 Å². The van der Waals surface area contributed by atoms with E-state index in [1.807, 2.05) is 6.92 Å². The SMILES string of the molecule is Cc1ccc(N)cc1C(=O)Nc1cc(Cl)c(Cl)cc1Cl. The lowest BCUT2D eigenvalue weighted by Crippen LogP contribution is -2.14. The Morgan fingerprint density at radius 2 is 1.70 bits per heavy atom. The number of carbonyl (C=O) groups is 1. The Morgan fingerprint density at radius 1 is 1.05 bits per heavy atom. The molecule has 0 fully saturated rings. The Hall–Kier alpha value is -1.42. The predicted molar refractivity (Wildman–Crippen MR) is 85.0 cm³/mol. The zero-order chi connectivity index (χ0) is 14.9. The molecule has 2 aromatic carbocycles. The van der Waals surface area contributed by atoms with Crippen LogP contribution in [0.25, 0.3) is 0 Å². The lowest BCUT2D eigenvalue weighted by atomic mass is 10.1. The first kappa shape index (κ1) is 15.0. The van der Waals surface area contributed by atoms with Crippen molar-refractivity contribution >= 4 is 52.1 Å². The summed E-state index contributed by atoms with van der Waals surface area (Å²) in [6, 6.07) is 8.11. The molecule has 0 aliphatic heterocycles. The first-order valence-electron chi connectivity index (χ1n) is 5.70. The van der Waals surface area contributed by atoms with E-state index in [0.717, 1.165) is 5.56 Å². The van der Waals surface area contributed by atoms with E-state index in [1.165, 1.54) is 12.1 Å². The zero-order valence-corrected chi connectivity index (χ0v) is 12.8. The number of rotatable bonds is 2. The second-order valence-electron chi connectivity index (χ2n) is 4.27. The molecule has 2 rings (SSSR count). The van der Waals surface area contributed by atoms with Crippen LogP contribution in [-0.4, -0.2) is 5.91 Å². The highest BCUT2D eigenvalue weighted by Gasteiger charge is 2.13. The van der Waals surface area contributed by atoms with Crippen LogP contribution in [0.1, 0.15) is 15.9 Å². The van der Waals surface area contributed by atoms with E-state index >= 15 is 0 Å². The number of anilines is 2. The molecule has 0 aromatic heterocycles. The number of carbonyl (C=O) groups excluding carboxylic acids is 1. The molecule has 2 aromatic rings. The van der Waals surface area contributed by atoms with Gasteiger partial charge in [-0.15, -0.1) is 0 Å². The minimum Gasteiger partial charge on any atom is -0.399 e. The number of benzene rings is 2. The van der Waals surface area contributed by atoms with Gasteiger partial charge in [-0.25, -0.2) is 0 Å². The lowest BCUT2D eigenvalue weighted by molar-refractivity contribution is 0.102. The van der Waals surface area contributed by atoms with Crippen LogP contribution in [0.3, 0.4) is 0 Å². The first-order chi connectivity index (χ1) is 9.38. The number of hydrogen-bond donors (Lipinski definition) is 2. The van der Waals surface area contributed by atoms with Crippen LogP contribution >= 0.6 is 34.8 Å². The summed E-state index contributed by atoms with van der Waals surface area (Å²) in [5, 5.41) is 3.65. The standard InChI is InChI=1S/C14H11Cl3N2O/c1-7-2-3-8(18)4-9(7)14(20)19-13-6-11(16)10(15)5-12(13)17/h2-6H,18H2,1H3,(H,19,20). The maximum atomic E-state index is 12.2. The molecule has 0 bridgehead atoms. The molecule has 0 unspecified atom stereocenters. The van der Waals surface area contributed by atoms with Crippen LogP contribution in [0.4, 0.5) is 11.4 Å². The largest absolute Gasteiger partial charge is 0.399 e. The summed E-state index contributed by atoms with van der Waals surface area (Å²) >= 11 is 17.8. The van der Waals surface area contributed by atoms with Gasteiger partial charge in [-0.05, 0) is 36.8 Å². The summed E-state index contributed by atoms with van der Waals surface area (Å²) in [5.41, 5.74) is 7.89. The molecule has 0 aliphatic carbocycles. The number of amides is 1. The van der Waals surface area contributed by atoms with E-state index in [2.05, 4.69) is 5.32 Å². The Morgan fingerprint density at radius 3 is 2.40 bits per heavy atom. The van der Waals surface area contributed by atoms with Gasteiger partial charge in [0, 0.05) is 11.3 Å². The van der Waals surface area contributed by atoms with Gasteiger partial charge in [0.1, 0.15) is 0 Å². The predicted octanol–water partition coefficient (Wildman–Crippen LogP) is 4.79. The van der Waals surface area contributed by atoms with Gasteiger partial charge in [-0.2, -0.15) is 0 Å². The minimum atomic E-state index is -0.310. The van der Waals surface area contributed by atoms with Gasteiger partial charge in [0.2, 0.25) is 0 Å². The van der Waals surface area contributed by atoms with Crippen molar-refractivity contribution in [3.8, 4) is 0 Å². The van der Waals surface area contributed by atoms with E-state index in [0.29, 0.717) is 32.0 Å².